The van der Waals surface area contributed by atoms with Crippen molar-refractivity contribution in [1.82, 2.24) is 14.7 Å². The normalized spacial score (nSPS) is 12.9. The van der Waals surface area contributed by atoms with Gasteiger partial charge in [-0.2, -0.15) is 5.10 Å². The summed E-state index contributed by atoms with van der Waals surface area (Å²) in [5.74, 6) is 0. The summed E-state index contributed by atoms with van der Waals surface area (Å²) >= 11 is 9.46. The lowest BCUT2D eigenvalue weighted by atomic mass is 10.1. The number of nitrogens with zero attached hydrogens (tertiary/aromatic N) is 3. The Morgan fingerprint density at radius 2 is 2.19 bits per heavy atom. The zero-order valence-electron chi connectivity index (χ0n) is 12.1. The molecule has 21 heavy (non-hydrogen) atoms. The zero-order valence-corrected chi connectivity index (χ0v) is 14.5. The lowest BCUT2D eigenvalue weighted by molar-refractivity contribution is 0.164. The van der Waals surface area contributed by atoms with Gasteiger partial charge in [0.05, 0.1) is 22.9 Å². The molecule has 1 heterocycles. The summed E-state index contributed by atoms with van der Waals surface area (Å²) < 4.78 is 2.68. The van der Waals surface area contributed by atoms with E-state index in [9.17, 15) is 5.11 Å². The van der Waals surface area contributed by atoms with E-state index in [1.807, 2.05) is 43.0 Å². The molecule has 0 bridgehead atoms. The van der Waals surface area contributed by atoms with Crippen molar-refractivity contribution in [3.63, 3.8) is 0 Å². The predicted octanol–water partition coefficient (Wildman–Crippen LogP) is 3.14. The second kappa shape index (κ2) is 7.40. The maximum absolute atomic E-state index is 10.5. The van der Waals surface area contributed by atoms with Crippen molar-refractivity contribution in [2.75, 3.05) is 20.6 Å². The van der Waals surface area contributed by atoms with E-state index in [1.165, 1.54) is 0 Å². The topological polar surface area (TPSA) is 41.3 Å². The highest BCUT2D eigenvalue weighted by molar-refractivity contribution is 9.10. The Bertz CT molecular complexity index is 600. The highest BCUT2D eigenvalue weighted by Crippen LogP contribution is 2.26. The van der Waals surface area contributed by atoms with Crippen LogP contribution in [-0.2, 0) is 13.0 Å². The predicted molar refractivity (Wildman–Crippen MR) is 88.6 cm³/mol. The molecule has 0 radical (unpaired) electrons. The van der Waals surface area contributed by atoms with E-state index >= 15 is 0 Å². The minimum atomic E-state index is -0.623. The third-order valence-corrected chi connectivity index (χ3v) is 4.07. The molecule has 1 aromatic carbocycles. The number of hydrogen-bond donors (Lipinski definition) is 1. The third-order valence-electron chi connectivity index (χ3n) is 3.23. The van der Waals surface area contributed by atoms with Crippen molar-refractivity contribution in [2.45, 2.75) is 19.1 Å². The first-order chi connectivity index (χ1) is 9.97. The van der Waals surface area contributed by atoms with Crippen LogP contribution in [0.4, 0.5) is 0 Å². The van der Waals surface area contributed by atoms with Crippen molar-refractivity contribution < 1.29 is 5.11 Å². The Hall–Kier alpha value is -0.880. The Morgan fingerprint density at radius 3 is 2.86 bits per heavy atom. The van der Waals surface area contributed by atoms with Crippen LogP contribution in [0.3, 0.4) is 0 Å². The summed E-state index contributed by atoms with van der Waals surface area (Å²) in [6, 6.07) is 7.56. The Balaban J connectivity index is 2.14. The Morgan fingerprint density at radius 1 is 1.43 bits per heavy atom. The van der Waals surface area contributed by atoms with Gasteiger partial charge in [-0.05, 0) is 47.7 Å². The van der Waals surface area contributed by atoms with Gasteiger partial charge in [-0.1, -0.05) is 23.7 Å². The summed E-state index contributed by atoms with van der Waals surface area (Å²) in [7, 11) is 4.03. The van der Waals surface area contributed by atoms with Gasteiger partial charge in [-0.15, -0.1) is 0 Å². The SMILES string of the molecule is CN(C)CCn1ncc(Br)c1C(O)Cc1cccc(Cl)c1. The number of aromatic nitrogens is 2. The van der Waals surface area contributed by atoms with Crippen LogP contribution < -0.4 is 0 Å². The first-order valence-electron chi connectivity index (χ1n) is 6.76. The summed E-state index contributed by atoms with van der Waals surface area (Å²) in [6.45, 7) is 1.60. The maximum atomic E-state index is 10.5. The lowest BCUT2D eigenvalue weighted by Gasteiger charge is -2.16. The van der Waals surface area contributed by atoms with Gasteiger partial charge in [-0.3, -0.25) is 4.68 Å². The molecule has 114 valence electrons. The van der Waals surface area contributed by atoms with Crippen molar-refractivity contribution in [1.29, 1.82) is 0 Å². The summed E-state index contributed by atoms with van der Waals surface area (Å²) in [6.07, 6.45) is 1.61. The fraction of sp³-hybridized carbons (Fsp3) is 0.400. The highest BCUT2D eigenvalue weighted by atomic mass is 79.9. The molecule has 0 saturated carbocycles. The second-order valence-corrected chi connectivity index (χ2v) is 6.54. The molecule has 4 nitrogen and oxygen atoms in total. The van der Waals surface area contributed by atoms with Gasteiger partial charge < -0.3 is 10.0 Å². The number of aliphatic hydroxyl groups is 1. The second-order valence-electron chi connectivity index (χ2n) is 5.25. The Kier molecular flexibility index (Phi) is 5.81. The molecule has 0 fully saturated rings. The molecule has 1 atom stereocenters. The van der Waals surface area contributed by atoms with E-state index in [2.05, 4.69) is 25.9 Å². The van der Waals surface area contributed by atoms with E-state index in [4.69, 9.17) is 11.6 Å². The first-order valence-corrected chi connectivity index (χ1v) is 7.93. The van der Waals surface area contributed by atoms with E-state index < -0.39 is 6.10 Å². The smallest absolute Gasteiger partial charge is 0.101 e. The van der Waals surface area contributed by atoms with Gasteiger partial charge in [0.1, 0.15) is 6.10 Å². The molecule has 0 amide bonds. The van der Waals surface area contributed by atoms with Crippen LogP contribution in [0, 0.1) is 0 Å². The van der Waals surface area contributed by atoms with Crippen LogP contribution in [0.5, 0.6) is 0 Å². The summed E-state index contributed by atoms with van der Waals surface area (Å²) in [5.41, 5.74) is 1.80. The van der Waals surface area contributed by atoms with Crippen LogP contribution >= 0.6 is 27.5 Å². The number of rotatable bonds is 6. The first kappa shape index (κ1) is 16.5. The molecule has 2 aromatic rings. The lowest BCUT2D eigenvalue weighted by Crippen LogP contribution is -2.21. The molecule has 0 aliphatic heterocycles. The number of likely N-dealkylation sites (N-methyl/N-ethyl adjacent to an activating group) is 1. The molecule has 0 aliphatic rings. The summed E-state index contributed by atoms with van der Waals surface area (Å²) in [5, 5.41) is 15.5. The number of benzene rings is 1. The fourth-order valence-electron chi connectivity index (χ4n) is 2.16. The van der Waals surface area contributed by atoms with Crippen molar-refractivity contribution in [3.05, 3.63) is 51.2 Å². The molecule has 6 heteroatoms. The van der Waals surface area contributed by atoms with Gasteiger partial charge in [0.2, 0.25) is 0 Å². The monoisotopic (exact) mass is 371 g/mol. The van der Waals surface area contributed by atoms with Crippen molar-refractivity contribution in [2.24, 2.45) is 0 Å². The molecule has 0 saturated heterocycles. The van der Waals surface area contributed by atoms with E-state index in [0.717, 1.165) is 28.8 Å². The van der Waals surface area contributed by atoms with E-state index in [-0.39, 0.29) is 0 Å². The average Bonchev–Trinajstić information content (AvgIpc) is 2.77. The van der Waals surface area contributed by atoms with Gasteiger partial charge in [0.25, 0.3) is 0 Å². The number of halogens is 2. The zero-order chi connectivity index (χ0) is 15.4. The van der Waals surface area contributed by atoms with Crippen LogP contribution in [-0.4, -0.2) is 40.4 Å². The molecular formula is C15H19BrClN3O. The van der Waals surface area contributed by atoms with Crippen LogP contribution in [0.1, 0.15) is 17.4 Å². The van der Waals surface area contributed by atoms with Crippen LogP contribution in [0.25, 0.3) is 0 Å². The molecule has 1 N–H and O–H groups in total. The average molecular weight is 373 g/mol. The fourth-order valence-corrected chi connectivity index (χ4v) is 2.93. The van der Waals surface area contributed by atoms with E-state index in [1.54, 1.807) is 6.20 Å². The standard InChI is InChI=1S/C15H19BrClN3O/c1-19(2)6-7-20-15(13(16)10-18-20)14(21)9-11-4-3-5-12(17)8-11/h3-5,8,10,14,21H,6-7,9H2,1-2H3. The van der Waals surface area contributed by atoms with Gasteiger partial charge in [-0.25, -0.2) is 0 Å². The molecular weight excluding hydrogens is 354 g/mol. The van der Waals surface area contributed by atoms with Gasteiger partial charge >= 0.3 is 0 Å². The number of aliphatic hydroxyl groups excluding tert-OH is 1. The minimum Gasteiger partial charge on any atom is -0.386 e. The molecule has 0 aliphatic carbocycles. The quantitative estimate of drug-likeness (QED) is 0.847. The minimum absolute atomic E-state index is 0.507. The van der Waals surface area contributed by atoms with Crippen molar-refractivity contribution >= 4 is 27.5 Å². The van der Waals surface area contributed by atoms with Gasteiger partial charge in [0, 0.05) is 18.0 Å². The summed E-state index contributed by atoms with van der Waals surface area (Å²) in [4.78, 5) is 2.09. The third kappa shape index (κ3) is 4.54. The largest absolute Gasteiger partial charge is 0.386 e. The Labute approximate surface area is 138 Å². The van der Waals surface area contributed by atoms with Gasteiger partial charge in [0.15, 0.2) is 0 Å². The maximum Gasteiger partial charge on any atom is 0.101 e. The van der Waals surface area contributed by atoms with Crippen molar-refractivity contribution in [3.8, 4) is 0 Å². The molecule has 0 spiro atoms. The molecule has 1 aromatic heterocycles. The highest BCUT2D eigenvalue weighted by Gasteiger charge is 2.18. The van der Waals surface area contributed by atoms with Crippen LogP contribution in [0.15, 0.2) is 34.9 Å². The number of hydrogen-bond acceptors (Lipinski definition) is 3. The van der Waals surface area contributed by atoms with E-state index in [0.29, 0.717) is 11.4 Å². The molecule has 2 rings (SSSR count). The molecule has 1 unspecified atom stereocenters. The van der Waals surface area contributed by atoms with Crippen LogP contribution in [0.2, 0.25) is 5.02 Å².